The lowest BCUT2D eigenvalue weighted by Gasteiger charge is -2.45. The fourth-order valence-corrected chi connectivity index (χ4v) is 4.99. The predicted molar refractivity (Wildman–Crippen MR) is 124 cm³/mol. The fourth-order valence-electron chi connectivity index (χ4n) is 4.29. The van der Waals surface area contributed by atoms with Crippen LogP contribution < -0.4 is 10.2 Å². The average molecular weight is 428 g/mol. The van der Waals surface area contributed by atoms with Crippen LogP contribution in [0.5, 0.6) is 0 Å². The minimum absolute atomic E-state index is 0.109. The van der Waals surface area contributed by atoms with Crippen molar-refractivity contribution in [3.63, 3.8) is 0 Å². The Balaban J connectivity index is 1.71. The number of amides is 2. The number of benzene rings is 1. The molecule has 2 aromatic rings. The highest BCUT2D eigenvalue weighted by Crippen LogP contribution is 2.27. The van der Waals surface area contributed by atoms with Gasteiger partial charge in [0, 0.05) is 32.2 Å². The topological polar surface area (TPSA) is 52.7 Å². The summed E-state index contributed by atoms with van der Waals surface area (Å²) in [6.45, 7) is 11.7. The van der Waals surface area contributed by atoms with E-state index in [4.69, 9.17) is 0 Å². The van der Waals surface area contributed by atoms with Gasteiger partial charge in [-0.2, -0.15) is 0 Å². The Kier molecular flexibility index (Phi) is 6.98. The third-order valence-electron chi connectivity index (χ3n) is 5.95. The lowest BCUT2D eigenvalue weighted by atomic mass is 9.88. The van der Waals surface area contributed by atoms with Gasteiger partial charge in [-0.1, -0.05) is 32.0 Å². The highest BCUT2D eigenvalue weighted by Gasteiger charge is 2.33. The zero-order valence-electron chi connectivity index (χ0n) is 18.6. The lowest BCUT2D eigenvalue weighted by molar-refractivity contribution is 0.0445. The zero-order valence-corrected chi connectivity index (χ0v) is 19.5. The summed E-state index contributed by atoms with van der Waals surface area (Å²) < 4.78 is 0. The van der Waals surface area contributed by atoms with Gasteiger partial charge in [-0.05, 0) is 55.7 Å². The molecule has 1 saturated heterocycles. The van der Waals surface area contributed by atoms with Gasteiger partial charge in [-0.25, -0.2) is 0 Å². The Hall–Kier alpha value is -2.18. The van der Waals surface area contributed by atoms with E-state index in [1.807, 2.05) is 29.6 Å². The number of rotatable bonds is 6. The van der Waals surface area contributed by atoms with Crippen LogP contribution in [0.2, 0.25) is 0 Å². The molecule has 3 rings (SSSR count). The van der Waals surface area contributed by atoms with Gasteiger partial charge in [0.15, 0.2) is 0 Å². The first kappa shape index (κ1) is 22.5. The molecule has 2 heterocycles. The second kappa shape index (κ2) is 9.31. The smallest absolute Gasteiger partial charge is 0.268 e. The maximum absolute atomic E-state index is 13.1. The summed E-state index contributed by atoms with van der Waals surface area (Å²) in [5.74, 6) is 1.08. The summed E-state index contributed by atoms with van der Waals surface area (Å²) in [7, 11) is 1.72. The van der Waals surface area contributed by atoms with Gasteiger partial charge in [-0.15, -0.1) is 11.3 Å². The second-order valence-corrected chi connectivity index (χ2v) is 10.2. The number of nitrogens with one attached hydrogen (secondary N) is 1. The van der Waals surface area contributed by atoms with E-state index in [0.717, 1.165) is 13.1 Å². The standard InChI is InChI=1S/C24H33N3O2S/c1-17-13-18(2)15-27(14-17)24(3,4)16-25-22(28)19-9-6-7-10-20(19)26(5)23(29)21-11-8-12-30-21/h6-12,17-18H,13-16H2,1-5H3,(H,25,28). The van der Waals surface area contributed by atoms with Crippen molar-refractivity contribution in [2.45, 2.75) is 39.7 Å². The molecule has 1 N–H and O–H groups in total. The highest BCUT2D eigenvalue weighted by atomic mass is 32.1. The molecule has 2 unspecified atom stereocenters. The summed E-state index contributed by atoms with van der Waals surface area (Å²) in [4.78, 5) is 30.5. The summed E-state index contributed by atoms with van der Waals surface area (Å²) >= 11 is 1.40. The van der Waals surface area contributed by atoms with Gasteiger partial charge in [-0.3, -0.25) is 14.5 Å². The second-order valence-electron chi connectivity index (χ2n) is 9.20. The van der Waals surface area contributed by atoms with Crippen LogP contribution in [0.1, 0.15) is 54.1 Å². The van der Waals surface area contributed by atoms with Crippen molar-refractivity contribution in [1.29, 1.82) is 0 Å². The first-order valence-corrected chi connectivity index (χ1v) is 11.5. The molecule has 5 nitrogen and oxygen atoms in total. The maximum Gasteiger partial charge on any atom is 0.268 e. The van der Waals surface area contributed by atoms with Crippen LogP contribution in [0, 0.1) is 11.8 Å². The SMILES string of the molecule is CC1CC(C)CN(C(C)(C)CNC(=O)c2ccccc2N(C)C(=O)c2cccs2)C1. The molecule has 162 valence electrons. The van der Waals surface area contributed by atoms with E-state index >= 15 is 0 Å². The van der Waals surface area contributed by atoms with Crippen molar-refractivity contribution in [3.8, 4) is 0 Å². The minimum atomic E-state index is -0.150. The third-order valence-corrected chi connectivity index (χ3v) is 6.81. The van der Waals surface area contributed by atoms with Crippen LogP contribution in [0.3, 0.4) is 0 Å². The summed E-state index contributed by atoms with van der Waals surface area (Å²) in [6, 6.07) is 10.9. The quantitative estimate of drug-likeness (QED) is 0.738. The highest BCUT2D eigenvalue weighted by molar-refractivity contribution is 7.12. The molecule has 0 spiro atoms. The first-order valence-electron chi connectivity index (χ1n) is 10.6. The zero-order chi connectivity index (χ0) is 21.9. The fraction of sp³-hybridized carbons (Fsp3) is 0.500. The average Bonchev–Trinajstić information content (AvgIpc) is 3.25. The monoisotopic (exact) mass is 427 g/mol. The molecule has 1 fully saturated rings. The number of piperidine rings is 1. The molecule has 0 saturated carbocycles. The third kappa shape index (κ3) is 5.10. The number of thiophene rings is 1. The van der Waals surface area contributed by atoms with Crippen molar-refractivity contribution in [2.75, 3.05) is 31.6 Å². The Labute approximate surface area is 184 Å². The van der Waals surface area contributed by atoms with Crippen molar-refractivity contribution >= 4 is 28.8 Å². The van der Waals surface area contributed by atoms with Gasteiger partial charge in [0.1, 0.15) is 0 Å². The van der Waals surface area contributed by atoms with Crippen LogP contribution in [-0.2, 0) is 0 Å². The molecular formula is C24H33N3O2S. The molecule has 1 aliphatic heterocycles. The van der Waals surface area contributed by atoms with E-state index in [1.165, 1.54) is 17.8 Å². The Morgan fingerprint density at radius 2 is 1.80 bits per heavy atom. The molecule has 2 atom stereocenters. The van der Waals surface area contributed by atoms with E-state index in [2.05, 4.69) is 37.9 Å². The molecule has 2 amide bonds. The van der Waals surface area contributed by atoms with E-state index in [1.54, 1.807) is 24.1 Å². The number of hydrogen-bond acceptors (Lipinski definition) is 4. The number of hydrogen-bond donors (Lipinski definition) is 1. The number of para-hydroxylation sites is 1. The predicted octanol–water partition coefficient (Wildman–Crippen LogP) is 4.51. The van der Waals surface area contributed by atoms with Gasteiger partial charge < -0.3 is 10.2 Å². The van der Waals surface area contributed by atoms with Crippen LogP contribution in [0.4, 0.5) is 5.69 Å². The number of carbonyl (C=O) groups is 2. The van der Waals surface area contributed by atoms with Gasteiger partial charge >= 0.3 is 0 Å². The molecular weight excluding hydrogens is 394 g/mol. The Morgan fingerprint density at radius 3 is 2.43 bits per heavy atom. The molecule has 1 aromatic heterocycles. The van der Waals surface area contributed by atoms with Gasteiger partial charge in [0.2, 0.25) is 0 Å². The summed E-state index contributed by atoms with van der Waals surface area (Å²) in [5, 5.41) is 5.00. The summed E-state index contributed by atoms with van der Waals surface area (Å²) in [6.07, 6.45) is 1.26. The largest absolute Gasteiger partial charge is 0.350 e. The molecule has 0 bridgehead atoms. The minimum Gasteiger partial charge on any atom is -0.350 e. The van der Waals surface area contributed by atoms with Crippen molar-refractivity contribution < 1.29 is 9.59 Å². The molecule has 0 aliphatic carbocycles. The van der Waals surface area contributed by atoms with Crippen molar-refractivity contribution in [3.05, 3.63) is 52.2 Å². The molecule has 1 aromatic carbocycles. The van der Waals surface area contributed by atoms with Crippen LogP contribution in [-0.4, -0.2) is 48.9 Å². The van der Waals surface area contributed by atoms with E-state index in [-0.39, 0.29) is 17.4 Å². The Bertz CT molecular complexity index is 868. The van der Waals surface area contributed by atoms with Gasteiger partial charge in [0.05, 0.1) is 16.1 Å². The number of carbonyl (C=O) groups excluding carboxylic acids is 2. The Morgan fingerprint density at radius 1 is 1.13 bits per heavy atom. The lowest BCUT2D eigenvalue weighted by Crippen LogP contribution is -2.56. The molecule has 6 heteroatoms. The number of anilines is 1. The van der Waals surface area contributed by atoms with E-state index in [0.29, 0.717) is 34.5 Å². The maximum atomic E-state index is 13.1. The van der Waals surface area contributed by atoms with Crippen molar-refractivity contribution in [2.24, 2.45) is 11.8 Å². The molecule has 30 heavy (non-hydrogen) atoms. The summed E-state index contributed by atoms with van der Waals surface area (Å²) in [5.41, 5.74) is 0.999. The normalized spacial score (nSPS) is 20.0. The van der Waals surface area contributed by atoms with E-state index < -0.39 is 0 Å². The van der Waals surface area contributed by atoms with Crippen LogP contribution in [0.25, 0.3) is 0 Å². The van der Waals surface area contributed by atoms with Crippen LogP contribution in [0.15, 0.2) is 41.8 Å². The molecule has 0 radical (unpaired) electrons. The first-order chi connectivity index (χ1) is 14.2. The van der Waals surface area contributed by atoms with Crippen LogP contribution >= 0.6 is 11.3 Å². The van der Waals surface area contributed by atoms with E-state index in [9.17, 15) is 9.59 Å². The number of nitrogens with zero attached hydrogens (tertiary/aromatic N) is 2. The number of likely N-dealkylation sites (tertiary alicyclic amines) is 1. The van der Waals surface area contributed by atoms with Gasteiger partial charge in [0.25, 0.3) is 11.8 Å². The molecule has 1 aliphatic rings. The van der Waals surface area contributed by atoms with Crippen molar-refractivity contribution in [1.82, 2.24) is 10.2 Å².